The average Bonchev–Trinajstić information content (AvgIpc) is 3.04. The Bertz CT molecular complexity index is 1170. The molecule has 0 heterocycles. The molecule has 1 fully saturated rings. The van der Waals surface area contributed by atoms with Gasteiger partial charge in [-0.25, -0.2) is 4.79 Å². The Balaban J connectivity index is 1.43. The van der Waals surface area contributed by atoms with E-state index in [2.05, 4.69) is 84.7 Å². The molecule has 0 saturated heterocycles. The first-order valence-electron chi connectivity index (χ1n) is 13.6. The van der Waals surface area contributed by atoms with E-state index < -0.39 is 0 Å². The Morgan fingerprint density at radius 1 is 0.829 bits per heavy atom. The van der Waals surface area contributed by atoms with Gasteiger partial charge in [-0.15, -0.1) is 0 Å². The van der Waals surface area contributed by atoms with Crippen LogP contribution in [0.25, 0.3) is 11.1 Å². The zero-order chi connectivity index (χ0) is 24.2. The van der Waals surface area contributed by atoms with Crippen molar-refractivity contribution in [2.75, 3.05) is 5.32 Å². The molecular formula is C32H38N2O. The van der Waals surface area contributed by atoms with Crippen molar-refractivity contribution in [2.45, 2.75) is 84.2 Å². The molecule has 0 aromatic heterocycles. The molecular weight excluding hydrogens is 428 g/mol. The molecule has 3 aromatic carbocycles. The number of benzene rings is 3. The Kier molecular flexibility index (Phi) is 7.22. The zero-order valence-electron chi connectivity index (χ0n) is 21.3. The number of carbonyl (C=O) groups excluding carboxylic acids is 1. The normalized spacial score (nSPS) is 15.3. The Hall–Kier alpha value is -3.07. The van der Waals surface area contributed by atoms with Crippen molar-refractivity contribution in [1.29, 1.82) is 0 Å². The lowest BCUT2D eigenvalue weighted by Gasteiger charge is -2.32. The summed E-state index contributed by atoms with van der Waals surface area (Å²) in [7, 11) is 0. The third-order valence-electron chi connectivity index (χ3n) is 7.97. The van der Waals surface area contributed by atoms with Crippen molar-refractivity contribution < 1.29 is 4.79 Å². The number of nitrogens with one attached hydrogen (secondary N) is 1. The monoisotopic (exact) mass is 466 g/mol. The SMILES string of the molecule is CCc1cccc(CC)c1NC(=O)N(Cc1ccc2c(c1)Cc1ccccc1-2)C1CCCCCC1. The summed E-state index contributed by atoms with van der Waals surface area (Å²) in [5.41, 5.74) is 10.2. The molecule has 0 spiro atoms. The Morgan fingerprint density at radius 2 is 1.51 bits per heavy atom. The van der Waals surface area contributed by atoms with E-state index in [1.54, 1.807) is 0 Å². The van der Waals surface area contributed by atoms with Crippen molar-refractivity contribution in [3.05, 3.63) is 88.5 Å². The van der Waals surface area contributed by atoms with Crippen LogP contribution < -0.4 is 5.32 Å². The number of amides is 2. The molecule has 1 saturated carbocycles. The minimum Gasteiger partial charge on any atom is -0.317 e. The molecule has 5 rings (SSSR count). The van der Waals surface area contributed by atoms with Crippen LogP contribution in [0, 0.1) is 0 Å². The van der Waals surface area contributed by atoms with Gasteiger partial charge >= 0.3 is 6.03 Å². The lowest BCUT2D eigenvalue weighted by Crippen LogP contribution is -2.42. The second kappa shape index (κ2) is 10.7. The molecule has 3 nitrogen and oxygen atoms in total. The zero-order valence-corrected chi connectivity index (χ0v) is 21.3. The summed E-state index contributed by atoms with van der Waals surface area (Å²) < 4.78 is 0. The van der Waals surface area contributed by atoms with Crippen LogP contribution in [0.2, 0.25) is 0 Å². The molecule has 0 bridgehead atoms. The predicted octanol–water partition coefficient (Wildman–Crippen LogP) is 8.14. The number of urea groups is 1. The summed E-state index contributed by atoms with van der Waals surface area (Å²) in [5, 5.41) is 3.37. The van der Waals surface area contributed by atoms with Crippen LogP contribution >= 0.6 is 0 Å². The molecule has 2 aliphatic rings. The first-order chi connectivity index (χ1) is 17.2. The second-order valence-corrected chi connectivity index (χ2v) is 10.2. The molecule has 3 aromatic rings. The van der Waals surface area contributed by atoms with Crippen molar-refractivity contribution in [3.63, 3.8) is 0 Å². The summed E-state index contributed by atoms with van der Waals surface area (Å²) in [6, 6.07) is 22.3. The lowest BCUT2D eigenvalue weighted by molar-refractivity contribution is 0.175. The van der Waals surface area contributed by atoms with E-state index in [1.807, 2.05) is 0 Å². The van der Waals surface area contributed by atoms with Crippen LogP contribution in [0.5, 0.6) is 0 Å². The highest BCUT2D eigenvalue weighted by Gasteiger charge is 2.27. The Morgan fingerprint density at radius 3 is 2.23 bits per heavy atom. The smallest absolute Gasteiger partial charge is 0.317 e. The van der Waals surface area contributed by atoms with E-state index in [0.717, 1.165) is 37.8 Å². The van der Waals surface area contributed by atoms with Gasteiger partial charge < -0.3 is 10.2 Å². The number of hydrogen-bond acceptors (Lipinski definition) is 1. The van der Waals surface area contributed by atoms with Crippen molar-refractivity contribution >= 4 is 11.7 Å². The van der Waals surface area contributed by atoms with Crippen LogP contribution in [0.15, 0.2) is 60.7 Å². The number of nitrogens with zero attached hydrogens (tertiary/aromatic N) is 1. The number of anilines is 1. The van der Waals surface area contributed by atoms with Crippen molar-refractivity contribution in [2.24, 2.45) is 0 Å². The molecule has 2 amide bonds. The fourth-order valence-electron chi connectivity index (χ4n) is 6.01. The minimum absolute atomic E-state index is 0.0521. The highest BCUT2D eigenvalue weighted by molar-refractivity contribution is 5.91. The highest BCUT2D eigenvalue weighted by Crippen LogP contribution is 2.37. The van der Waals surface area contributed by atoms with E-state index in [4.69, 9.17) is 0 Å². The molecule has 0 unspecified atom stereocenters. The largest absolute Gasteiger partial charge is 0.322 e. The van der Waals surface area contributed by atoms with Gasteiger partial charge in [0.25, 0.3) is 0 Å². The molecule has 182 valence electrons. The molecule has 1 N–H and O–H groups in total. The fourth-order valence-corrected chi connectivity index (χ4v) is 6.01. The average molecular weight is 467 g/mol. The number of rotatable bonds is 6. The summed E-state index contributed by atoms with van der Waals surface area (Å²) in [4.78, 5) is 16.0. The summed E-state index contributed by atoms with van der Waals surface area (Å²) in [5.74, 6) is 0. The quantitative estimate of drug-likeness (QED) is 0.286. The fraction of sp³-hybridized carbons (Fsp3) is 0.406. The van der Waals surface area contributed by atoms with E-state index >= 15 is 0 Å². The van der Waals surface area contributed by atoms with Crippen molar-refractivity contribution in [1.82, 2.24) is 4.90 Å². The summed E-state index contributed by atoms with van der Waals surface area (Å²) >= 11 is 0. The molecule has 0 radical (unpaired) electrons. The summed E-state index contributed by atoms with van der Waals surface area (Å²) in [6.07, 6.45) is 9.98. The van der Waals surface area contributed by atoms with Crippen LogP contribution in [-0.4, -0.2) is 17.0 Å². The van der Waals surface area contributed by atoms with Gasteiger partial charge in [0.2, 0.25) is 0 Å². The molecule has 3 heteroatoms. The van der Waals surface area contributed by atoms with Gasteiger partial charge in [-0.3, -0.25) is 0 Å². The maximum Gasteiger partial charge on any atom is 0.322 e. The number of fused-ring (bicyclic) bond motifs is 3. The van der Waals surface area contributed by atoms with Gasteiger partial charge in [-0.05, 0) is 71.0 Å². The molecule has 2 aliphatic carbocycles. The van der Waals surface area contributed by atoms with Gasteiger partial charge in [0.1, 0.15) is 0 Å². The van der Waals surface area contributed by atoms with Gasteiger partial charge in [-0.1, -0.05) is 100 Å². The van der Waals surface area contributed by atoms with E-state index in [-0.39, 0.29) is 6.03 Å². The first-order valence-corrected chi connectivity index (χ1v) is 13.6. The third kappa shape index (κ3) is 5.00. The Labute approximate surface area is 210 Å². The number of carbonyl (C=O) groups is 1. The van der Waals surface area contributed by atoms with Crippen LogP contribution in [0.1, 0.15) is 80.2 Å². The van der Waals surface area contributed by atoms with E-state index in [1.165, 1.54) is 64.6 Å². The highest BCUT2D eigenvalue weighted by atomic mass is 16.2. The maximum absolute atomic E-state index is 13.9. The molecule has 35 heavy (non-hydrogen) atoms. The predicted molar refractivity (Wildman–Crippen MR) is 146 cm³/mol. The first kappa shape index (κ1) is 23.7. The number of para-hydroxylation sites is 1. The third-order valence-corrected chi connectivity index (χ3v) is 7.97. The maximum atomic E-state index is 13.9. The standard InChI is InChI=1S/C32H38N2O/c1-3-24-13-11-14-25(4-2)31(24)33-32(35)34(28-15-7-5-6-8-16-28)22-23-18-19-30-27(20-23)21-26-12-9-10-17-29(26)30/h9-14,17-20,28H,3-8,15-16,21-22H2,1-2H3,(H,33,35). The minimum atomic E-state index is 0.0521. The molecule has 0 atom stereocenters. The number of aryl methyl sites for hydroxylation is 2. The number of hydrogen-bond donors (Lipinski definition) is 1. The van der Waals surface area contributed by atoms with Gasteiger partial charge in [0.05, 0.1) is 0 Å². The van der Waals surface area contributed by atoms with Gasteiger partial charge in [0, 0.05) is 18.3 Å². The van der Waals surface area contributed by atoms with E-state index in [9.17, 15) is 4.79 Å². The van der Waals surface area contributed by atoms with Crippen LogP contribution in [-0.2, 0) is 25.8 Å². The molecule has 0 aliphatic heterocycles. The summed E-state index contributed by atoms with van der Waals surface area (Å²) in [6.45, 7) is 4.99. The van der Waals surface area contributed by atoms with Gasteiger partial charge in [-0.2, -0.15) is 0 Å². The topological polar surface area (TPSA) is 32.3 Å². The van der Waals surface area contributed by atoms with Crippen LogP contribution in [0.3, 0.4) is 0 Å². The van der Waals surface area contributed by atoms with Crippen molar-refractivity contribution in [3.8, 4) is 11.1 Å². The second-order valence-electron chi connectivity index (χ2n) is 10.2. The lowest BCUT2D eigenvalue weighted by atomic mass is 10.0. The van der Waals surface area contributed by atoms with Gasteiger partial charge in [0.15, 0.2) is 0 Å². The van der Waals surface area contributed by atoms with Crippen LogP contribution in [0.4, 0.5) is 10.5 Å². The van der Waals surface area contributed by atoms with E-state index in [0.29, 0.717) is 12.6 Å².